The molecule has 2 aromatic carbocycles. The summed E-state index contributed by atoms with van der Waals surface area (Å²) in [5.74, 6) is -3.27. The number of thiophene rings is 1. The van der Waals surface area contributed by atoms with E-state index in [9.17, 15) is 14.4 Å². The highest BCUT2D eigenvalue weighted by Crippen LogP contribution is 2.52. The van der Waals surface area contributed by atoms with Gasteiger partial charge in [-0.2, -0.15) is 0 Å². The van der Waals surface area contributed by atoms with E-state index in [4.69, 9.17) is 19.9 Å². The SMILES string of the molecule is COC(=O)C1=C(N)N(c2ccccc2)C2=C(C(=O)[C@H](C(=O)OC)[C@@H](c3ccc(OC)cc3)C2)[C@@H]1c1cccs1. The second-order valence-electron chi connectivity index (χ2n) is 9.22. The largest absolute Gasteiger partial charge is 0.497 e. The fourth-order valence-corrected chi connectivity index (χ4v) is 6.35. The van der Waals surface area contributed by atoms with Crippen molar-refractivity contribution in [3.8, 4) is 5.75 Å². The highest BCUT2D eigenvalue weighted by Gasteiger charge is 2.51. The molecule has 0 spiro atoms. The lowest BCUT2D eigenvalue weighted by Gasteiger charge is -2.43. The predicted octanol–water partition coefficient (Wildman–Crippen LogP) is 4.50. The average molecular weight is 545 g/mol. The number of allylic oxidation sites excluding steroid dienone is 2. The number of ketones is 1. The molecule has 0 fully saturated rings. The zero-order valence-electron chi connectivity index (χ0n) is 21.7. The molecular formula is C30H28N2O6S. The van der Waals surface area contributed by atoms with Gasteiger partial charge in [-0.25, -0.2) is 4.79 Å². The van der Waals surface area contributed by atoms with Crippen LogP contribution in [0.1, 0.15) is 28.7 Å². The van der Waals surface area contributed by atoms with Crippen molar-refractivity contribution in [1.82, 2.24) is 0 Å². The number of nitrogens with zero attached hydrogens (tertiary/aromatic N) is 1. The molecule has 0 amide bonds. The van der Waals surface area contributed by atoms with E-state index in [1.807, 2.05) is 60.0 Å². The number of esters is 2. The number of carbonyl (C=O) groups excluding carboxylic acids is 3. The topological polar surface area (TPSA) is 108 Å². The maximum absolute atomic E-state index is 14.5. The molecule has 9 heteroatoms. The van der Waals surface area contributed by atoms with Crippen LogP contribution in [0.25, 0.3) is 0 Å². The molecule has 0 saturated carbocycles. The van der Waals surface area contributed by atoms with E-state index in [0.717, 1.165) is 10.4 Å². The zero-order chi connectivity index (χ0) is 27.7. The van der Waals surface area contributed by atoms with Crippen LogP contribution in [0.2, 0.25) is 0 Å². The minimum Gasteiger partial charge on any atom is -0.497 e. The number of hydrogen-bond donors (Lipinski definition) is 1. The molecule has 8 nitrogen and oxygen atoms in total. The average Bonchev–Trinajstić information content (AvgIpc) is 3.51. The second-order valence-corrected chi connectivity index (χ2v) is 10.2. The molecule has 3 atom stereocenters. The van der Waals surface area contributed by atoms with Gasteiger partial charge in [-0.3, -0.25) is 14.5 Å². The number of Topliss-reactive ketones (excluding diaryl/α,β-unsaturated/α-hetero) is 1. The Balaban J connectivity index is 1.78. The lowest BCUT2D eigenvalue weighted by atomic mass is 9.68. The summed E-state index contributed by atoms with van der Waals surface area (Å²) in [5, 5.41) is 1.87. The van der Waals surface area contributed by atoms with Crippen LogP contribution in [0.15, 0.2) is 94.8 Å². The van der Waals surface area contributed by atoms with Gasteiger partial charge >= 0.3 is 11.9 Å². The molecule has 5 rings (SSSR count). The van der Waals surface area contributed by atoms with Gasteiger partial charge in [0.1, 0.15) is 17.5 Å². The number of para-hydroxylation sites is 1. The van der Waals surface area contributed by atoms with E-state index in [2.05, 4.69) is 0 Å². The Bertz CT molecular complexity index is 1460. The molecule has 0 unspecified atom stereocenters. The maximum atomic E-state index is 14.5. The normalized spacial score (nSPS) is 20.9. The standard InChI is InChI=1S/C30H28N2O6S/c1-36-19-13-11-17(12-14-19)20-16-21-24(27(33)23(20)29(34)37-2)25(22-10-7-15-39-22)26(30(35)38-3)28(31)32(21)18-8-5-4-6-9-18/h4-15,20,23,25H,16,31H2,1-3H3/t20-,23-,25+/m1/s1. The quantitative estimate of drug-likeness (QED) is 0.357. The van der Waals surface area contributed by atoms with Gasteiger partial charge in [-0.05, 0) is 47.7 Å². The molecule has 200 valence electrons. The molecule has 2 N–H and O–H groups in total. The number of methoxy groups -OCH3 is 3. The van der Waals surface area contributed by atoms with Gasteiger partial charge in [0.15, 0.2) is 5.78 Å². The van der Waals surface area contributed by atoms with Gasteiger partial charge in [0, 0.05) is 27.8 Å². The first-order chi connectivity index (χ1) is 18.9. The summed E-state index contributed by atoms with van der Waals surface area (Å²) in [4.78, 5) is 43.4. The van der Waals surface area contributed by atoms with Crippen LogP contribution in [0.5, 0.6) is 5.75 Å². The van der Waals surface area contributed by atoms with Crippen LogP contribution in [-0.4, -0.2) is 39.1 Å². The monoisotopic (exact) mass is 544 g/mol. The van der Waals surface area contributed by atoms with E-state index in [1.165, 1.54) is 25.6 Å². The van der Waals surface area contributed by atoms with Gasteiger partial charge < -0.3 is 19.9 Å². The highest BCUT2D eigenvalue weighted by molar-refractivity contribution is 7.10. The van der Waals surface area contributed by atoms with E-state index >= 15 is 0 Å². The number of rotatable bonds is 6. The number of benzene rings is 2. The Morgan fingerprint density at radius 1 is 0.949 bits per heavy atom. The fourth-order valence-electron chi connectivity index (χ4n) is 5.51. The number of carbonyl (C=O) groups is 3. The zero-order valence-corrected chi connectivity index (χ0v) is 22.6. The summed E-state index contributed by atoms with van der Waals surface area (Å²) >= 11 is 1.40. The Morgan fingerprint density at radius 3 is 2.26 bits per heavy atom. The summed E-state index contributed by atoms with van der Waals surface area (Å²) in [6, 6.07) is 20.3. The van der Waals surface area contributed by atoms with E-state index in [0.29, 0.717) is 29.1 Å². The van der Waals surface area contributed by atoms with Crippen molar-refractivity contribution in [3.63, 3.8) is 0 Å². The van der Waals surface area contributed by atoms with E-state index < -0.39 is 35.5 Å². The van der Waals surface area contributed by atoms with Crippen molar-refractivity contribution < 1.29 is 28.6 Å². The van der Waals surface area contributed by atoms with Crippen molar-refractivity contribution in [3.05, 3.63) is 105 Å². The lowest BCUT2D eigenvalue weighted by Crippen LogP contribution is -2.46. The molecule has 39 heavy (non-hydrogen) atoms. The van der Waals surface area contributed by atoms with Crippen LogP contribution in [-0.2, 0) is 23.9 Å². The van der Waals surface area contributed by atoms with Gasteiger partial charge in [0.25, 0.3) is 0 Å². The third-order valence-electron chi connectivity index (χ3n) is 7.29. The molecule has 1 aromatic heterocycles. The van der Waals surface area contributed by atoms with Crippen LogP contribution >= 0.6 is 11.3 Å². The number of ether oxygens (including phenoxy) is 3. The van der Waals surface area contributed by atoms with Crippen LogP contribution in [0, 0.1) is 5.92 Å². The minimum absolute atomic E-state index is 0.155. The Kier molecular flexibility index (Phi) is 7.26. The second kappa shape index (κ2) is 10.8. The van der Waals surface area contributed by atoms with E-state index in [-0.39, 0.29) is 11.4 Å². The Hall–Kier alpha value is -4.37. The molecule has 0 radical (unpaired) electrons. The molecule has 1 aliphatic heterocycles. The molecule has 1 aliphatic carbocycles. The summed E-state index contributed by atoms with van der Waals surface area (Å²) in [7, 11) is 4.13. The van der Waals surface area contributed by atoms with Gasteiger partial charge in [0.2, 0.25) is 0 Å². The molecular weight excluding hydrogens is 516 g/mol. The van der Waals surface area contributed by atoms with Crippen molar-refractivity contribution in [2.75, 3.05) is 26.2 Å². The maximum Gasteiger partial charge on any atom is 0.338 e. The van der Waals surface area contributed by atoms with Crippen molar-refractivity contribution in [1.29, 1.82) is 0 Å². The third-order valence-corrected chi connectivity index (χ3v) is 8.22. The first kappa shape index (κ1) is 26.2. The van der Waals surface area contributed by atoms with Gasteiger partial charge in [0.05, 0.1) is 32.8 Å². The van der Waals surface area contributed by atoms with Gasteiger partial charge in [-0.1, -0.05) is 36.4 Å². The predicted molar refractivity (Wildman–Crippen MR) is 147 cm³/mol. The first-order valence-electron chi connectivity index (χ1n) is 12.4. The summed E-state index contributed by atoms with van der Waals surface area (Å²) in [6.45, 7) is 0. The first-order valence-corrected chi connectivity index (χ1v) is 13.2. The molecule has 2 aliphatic rings. The molecule has 3 aromatic rings. The summed E-state index contributed by atoms with van der Waals surface area (Å²) in [5.41, 5.74) is 9.38. The van der Waals surface area contributed by atoms with Crippen LogP contribution in [0.3, 0.4) is 0 Å². The van der Waals surface area contributed by atoms with Crippen molar-refractivity contribution in [2.45, 2.75) is 18.3 Å². The van der Waals surface area contributed by atoms with E-state index in [1.54, 1.807) is 24.1 Å². The van der Waals surface area contributed by atoms with Crippen LogP contribution in [0.4, 0.5) is 5.69 Å². The molecule has 0 bridgehead atoms. The number of anilines is 1. The summed E-state index contributed by atoms with van der Waals surface area (Å²) < 4.78 is 15.6. The highest BCUT2D eigenvalue weighted by atomic mass is 32.1. The number of nitrogens with two attached hydrogens (primary N) is 1. The molecule has 2 heterocycles. The van der Waals surface area contributed by atoms with Gasteiger partial charge in [-0.15, -0.1) is 11.3 Å². The summed E-state index contributed by atoms with van der Waals surface area (Å²) in [6.07, 6.45) is 0.305. The minimum atomic E-state index is -1.11. The van der Waals surface area contributed by atoms with Crippen molar-refractivity contribution in [2.24, 2.45) is 11.7 Å². The van der Waals surface area contributed by atoms with Crippen LogP contribution < -0.4 is 15.4 Å². The molecule has 0 saturated heterocycles. The fraction of sp³-hybridized carbons (Fsp3) is 0.233. The lowest BCUT2D eigenvalue weighted by molar-refractivity contribution is -0.150. The smallest absolute Gasteiger partial charge is 0.338 e. The Labute approximate surface area is 230 Å². The third kappa shape index (κ3) is 4.48. The number of hydrogen-bond acceptors (Lipinski definition) is 9. The van der Waals surface area contributed by atoms with Crippen molar-refractivity contribution >= 4 is 34.7 Å². The Morgan fingerprint density at radius 2 is 1.67 bits per heavy atom.